The molecule has 136 valence electrons. The van der Waals surface area contributed by atoms with E-state index in [0.29, 0.717) is 32.8 Å². The monoisotopic (exact) mass is 356 g/mol. The van der Waals surface area contributed by atoms with Crippen molar-refractivity contribution in [1.82, 2.24) is 19.7 Å². The summed E-state index contributed by atoms with van der Waals surface area (Å²) in [7, 11) is 0. The molecule has 7 nitrogen and oxygen atoms in total. The molecule has 25 heavy (non-hydrogen) atoms. The molecule has 0 saturated heterocycles. The first-order valence-electron chi connectivity index (χ1n) is 7.86. The first-order chi connectivity index (χ1) is 11.8. The number of ether oxygens (including phenoxy) is 1. The Balaban J connectivity index is 1.65. The van der Waals surface area contributed by atoms with E-state index < -0.39 is 11.7 Å². The van der Waals surface area contributed by atoms with E-state index in [0.717, 1.165) is 23.8 Å². The highest BCUT2D eigenvalue weighted by Gasteiger charge is 2.31. The Bertz CT molecular complexity index is 713. The standard InChI is InChI=1S/C15H19F3N6O/c1-10(19)8-25-9-12-4-13-7-23(2-3-24(13)22-12)14-20-5-11(6-21-14)15(16,17)18/h4-6,10H,2-3,7-9,19H2,1H3/t10-/m0/s1. The smallest absolute Gasteiger partial charge is 0.373 e. The topological polar surface area (TPSA) is 82.1 Å². The molecule has 10 heteroatoms. The van der Waals surface area contributed by atoms with Crippen LogP contribution in [0.5, 0.6) is 0 Å². The van der Waals surface area contributed by atoms with Gasteiger partial charge in [0.15, 0.2) is 0 Å². The predicted octanol–water partition coefficient (Wildman–Crippen LogP) is 1.58. The van der Waals surface area contributed by atoms with E-state index >= 15 is 0 Å². The summed E-state index contributed by atoms with van der Waals surface area (Å²) in [5, 5.41) is 4.46. The van der Waals surface area contributed by atoms with Crippen molar-refractivity contribution in [2.45, 2.75) is 38.8 Å². The minimum absolute atomic E-state index is 0.0375. The van der Waals surface area contributed by atoms with Crippen LogP contribution in [0.25, 0.3) is 0 Å². The maximum Gasteiger partial charge on any atom is 0.419 e. The summed E-state index contributed by atoms with van der Waals surface area (Å²) < 4.78 is 45.1. The van der Waals surface area contributed by atoms with E-state index in [1.54, 1.807) is 0 Å². The number of nitrogens with zero attached hydrogens (tertiary/aromatic N) is 5. The zero-order valence-electron chi connectivity index (χ0n) is 13.7. The first-order valence-corrected chi connectivity index (χ1v) is 7.86. The van der Waals surface area contributed by atoms with Crippen LogP contribution >= 0.6 is 0 Å². The van der Waals surface area contributed by atoms with Gasteiger partial charge in [0.2, 0.25) is 5.95 Å². The third kappa shape index (κ3) is 4.26. The summed E-state index contributed by atoms with van der Waals surface area (Å²) in [5.41, 5.74) is 6.51. The number of rotatable bonds is 5. The van der Waals surface area contributed by atoms with Crippen molar-refractivity contribution >= 4 is 5.95 Å². The molecule has 2 N–H and O–H groups in total. The summed E-state index contributed by atoms with van der Waals surface area (Å²) in [6.45, 7) is 4.34. The first kappa shape index (κ1) is 17.6. The Morgan fingerprint density at radius 3 is 2.64 bits per heavy atom. The van der Waals surface area contributed by atoms with Crippen molar-refractivity contribution in [1.29, 1.82) is 0 Å². The SMILES string of the molecule is C[C@H](N)COCc1cc2n(n1)CCN(c1ncc(C(F)(F)F)cn1)C2. The molecule has 0 aliphatic carbocycles. The predicted molar refractivity (Wildman–Crippen MR) is 83.6 cm³/mol. The number of anilines is 1. The maximum absolute atomic E-state index is 12.6. The van der Waals surface area contributed by atoms with Gasteiger partial charge < -0.3 is 15.4 Å². The summed E-state index contributed by atoms with van der Waals surface area (Å²) in [4.78, 5) is 9.51. The van der Waals surface area contributed by atoms with Crippen molar-refractivity contribution in [3.05, 3.63) is 35.4 Å². The van der Waals surface area contributed by atoms with Gasteiger partial charge in [-0.1, -0.05) is 0 Å². The molecule has 0 saturated carbocycles. The summed E-state index contributed by atoms with van der Waals surface area (Å²) in [5.74, 6) is 0.273. The molecule has 0 amide bonds. The van der Waals surface area contributed by atoms with Crippen LogP contribution in [0.15, 0.2) is 18.5 Å². The zero-order chi connectivity index (χ0) is 18.0. The lowest BCUT2D eigenvalue weighted by Crippen LogP contribution is -2.35. The normalized spacial score (nSPS) is 16.0. The second-order valence-electron chi connectivity index (χ2n) is 6.03. The minimum Gasteiger partial charge on any atom is -0.373 e. The van der Waals surface area contributed by atoms with Crippen LogP contribution in [0.3, 0.4) is 0 Å². The number of alkyl halides is 3. The number of fused-ring (bicyclic) bond motifs is 1. The Labute approximate surface area is 142 Å². The van der Waals surface area contributed by atoms with Crippen molar-refractivity contribution in [2.75, 3.05) is 18.1 Å². The van der Waals surface area contributed by atoms with Crippen molar-refractivity contribution in [3.8, 4) is 0 Å². The molecule has 0 aromatic carbocycles. The van der Waals surface area contributed by atoms with Crippen molar-refractivity contribution < 1.29 is 17.9 Å². The van der Waals surface area contributed by atoms with E-state index in [4.69, 9.17) is 10.5 Å². The van der Waals surface area contributed by atoms with E-state index in [-0.39, 0.29) is 12.0 Å². The second kappa shape index (κ2) is 6.96. The molecule has 1 atom stereocenters. The Kier molecular flexibility index (Phi) is 4.91. The van der Waals surface area contributed by atoms with Crippen molar-refractivity contribution in [3.63, 3.8) is 0 Å². The minimum atomic E-state index is -4.44. The number of hydrogen-bond donors (Lipinski definition) is 1. The average Bonchev–Trinajstić information content (AvgIpc) is 2.95. The summed E-state index contributed by atoms with van der Waals surface area (Å²) in [6, 6.07) is 1.88. The van der Waals surface area contributed by atoms with Gasteiger partial charge in [0.25, 0.3) is 0 Å². The van der Waals surface area contributed by atoms with Crippen LogP contribution in [0, 0.1) is 0 Å². The highest BCUT2D eigenvalue weighted by Crippen LogP contribution is 2.28. The Morgan fingerprint density at radius 2 is 2.00 bits per heavy atom. The van der Waals surface area contributed by atoms with Crippen LogP contribution in [0.1, 0.15) is 23.9 Å². The van der Waals surface area contributed by atoms with Gasteiger partial charge in [-0.15, -0.1) is 0 Å². The van der Waals surface area contributed by atoms with Crippen LogP contribution in [-0.2, 0) is 30.6 Å². The highest BCUT2D eigenvalue weighted by molar-refractivity contribution is 5.33. The fourth-order valence-electron chi connectivity index (χ4n) is 2.55. The van der Waals surface area contributed by atoms with Gasteiger partial charge in [-0.25, -0.2) is 9.97 Å². The van der Waals surface area contributed by atoms with E-state index in [9.17, 15) is 13.2 Å². The summed E-state index contributed by atoms with van der Waals surface area (Å²) >= 11 is 0. The lowest BCUT2D eigenvalue weighted by atomic mass is 10.3. The van der Waals surface area contributed by atoms with Gasteiger partial charge in [-0.3, -0.25) is 4.68 Å². The molecular weight excluding hydrogens is 337 g/mol. The molecule has 2 aromatic rings. The zero-order valence-corrected chi connectivity index (χ0v) is 13.7. The van der Waals surface area contributed by atoms with Crippen molar-refractivity contribution in [2.24, 2.45) is 5.73 Å². The lowest BCUT2D eigenvalue weighted by Gasteiger charge is -2.27. The van der Waals surface area contributed by atoms with Crippen LogP contribution in [-0.4, -0.2) is 38.9 Å². The van der Waals surface area contributed by atoms with Gasteiger partial charge in [-0.05, 0) is 13.0 Å². The van der Waals surface area contributed by atoms with E-state index in [1.165, 1.54) is 0 Å². The largest absolute Gasteiger partial charge is 0.419 e. The molecule has 0 spiro atoms. The Morgan fingerprint density at radius 1 is 1.28 bits per heavy atom. The highest BCUT2D eigenvalue weighted by atomic mass is 19.4. The van der Waals surface area contributed by atoms with Gasteiger partial charge in [0.05, 0.1) is 43.3 Å². The fourth-order valence-corrected chi connectivity index (χ4v) is 2.55. The second-order valence-corrected chi connectivity index (χ2v) is 6.03. The van der Waals surface area contributed by atoms with E-state index in [1.807, 2.05) is 22.6 Å². The fraction of sp³-hybridized carbons (Fsp3) is 0.533. The lowest BCUT2D eigenvalue weighted by molar-refractivity contribution is -0.138. The quantitative estimate of drug-likeness (QED) is 0.876. The number of aromatic nitrogens is 4. The van der Waals surface area contributed by atoms with Gasteiger partial charge in [0.1, 0.15) is 0 Å². The Hall–Kier alpha value is -2.20. The van der Waals surface area contributed by atoms with Gasteiger partial charge in [0, 0.05) is 25.0 Å². The molecule has 3 heterocycles. The molecule has 1 aliphatic heterocycles. The number of halogens is 3. The molecule has 0 radical (unpaired) electrons. The number of hydrogen-bond acceptors (Lipinski definition) is 6. The number of nitrogens with two attached hydrogens (primary N) is 1. The third-order valence-electron chi connectivity index (χ3n) is 3.73. The third-order valence-corrected chi connectivity index (χ3v) is 3.73. The molecule has 2 aromatic heterocycles. The average molecular weight is 356 g/mol. The molecular formula is C15H19F3N6O. The van der Waals surface area contributed by atoms with Gasteiger partial charge >= 0.3 is 6.18 Å². The van der Waals surface area contributed by atoms with Crippen LogP contribution in [0.2, 0.25) is 0 Å². The molecule has 0 bridgehead atoms. The van der Waals surface area contributed by atoms with Crippen LogP contribution in [0.4, 0.5) is 19.1 Å². The molecule has 0 fully saturated rings. The van der Waals surface area contributed by atoms with Gasteiger partial charge in [-0.2, -0.15) is 18.3 Å². The summed E-state index contributed by atoms with van der Waals surface area (Å²) in [6.07, 6.45) is -2.82. The van der Waals surface area contributed by atoms with E-state index in [2.05, 4.69) is 15.1 Å². The molecule has 0 unspecified atom stereocenters. The molecule has 3 rings (SSSR count). The maximum atomic E-state index is 12.6. The molecule has 1 aliphatic rings. The van der Waals surface area contributed by atoms with Crippen LogP contribution < -0.4 is 10.6 Å².